The third kappa shape index (κ3) is 3.43. The Labute approximate surface area is 162 Å². The third-order valence-corrected chi connectivity index (χ3v) is 6.57. The van der Waals surface area contributed by atoms with E-state index in [0.717, 1.165) is 5.56 Å². The highest BCUT2D eigenvalue weighted by Crippen LogP contribution is 2.43. The van der Waals surface area contributed by atoms with E-state index < -0.39 is 22.2 Å². The van der Waals surface area contributed by atoms with Crippen molar-refractivity contribution in [3.05, 3.63) is 59.7 Å². The van der Waals surface area contributed by atoms with Gasteiger partial charge in [0.25, 0.3) is 5.91 Å². The summed E-state index contributed by atoms with van der Waals surface area (Å²) in [5.74, 6) is -0.816. The minimum absolute atomic E-state index is 0.271. The van der Waals surface area contributed by atoms with Gasteiger partial charge in [-0.15, -0.1) is 0 Å². The first-order valence-electron chi connectivity index (χ1n) is 8.66. The molecule has 2 aliphatic rings. The number of rotatable bonds is 4. The summed E-state index contributed by atoms with van der Waals surface area (Å²) in [6.07, 6.45) is 5.75. The normalized spacial score (nSPS) is 30.9. The first kappa shape index (κ1) is 19.4. The van der Waals surface area contributed by atoms with E-state index in [0.29, 0.717) is 10.7 Å². The number of hydrogen-bond donors (Lipinski definition) is 2. The summed E-state index contributed by atoms with van der Waals surface area (Å²) in [5.41, 5.74) is 5.64. The summed E-state index contributed by atoms with van der Waals surface area (Å²) in [5, 5.41) is 3.66. The van der Waals surface area contributed by atoms with Crippen molar-refractivity contribution in [3.63, 3.8) is 0 Å². The quantitative estimate of drug-likeness (QED) is 0.832. The number of alkyl halides is 1. The second-order valence-electron chi connectivity index (χ2n) is 7.18. The average molecular weight is 387 g/mol. The van der Waals surface area contributed by atoms with Crippen molar-refractivity contribution >= 4 is 28.7 Å². The first-order valence-corrected chi connectivity index (χ1v) is 9.47. The van der Waals surface area contributed by atoms with Crippen LogP contribution in [0.2, 0.25) is 0 Å². The largest absolute Gasteiger partial charge is 0.366 e. The van der Waals surface area contributed by atoms with Gasteiger partial charge in [0, 0.05) is 17.0 Å². The number of allylic oxidation sites excluding steroid dienone is 3. The standard InChI is InChI=1S/C20H22FN3O2S/c1-12(19(2)11-5-4-6-15(19)21)23-18-24-17(26)20(3,27-18)14-9-7-13(8-10-14)16(22)25/h4-12,15H,1-3H3,(H2,22,25)(H,23,24,26)/t12-,15?,19?,20?/m0/s1. The molecule has 0 saturated heterocycles. The van der Waals surface area contributed by atoms with Crippen LogP contribution in [0.3, 0.4) is 0 Å². The molecule has 0 radical (unpaired) electrons. The summed E-state index contributed by atoms with van der Waals surface area (Å²) in [4.78, 5) is 28.0. The van der Waals surface area contributed by atoms with Crippen LogP contribution in [-0.2, 0) is 9.54 Å². The van der Waals surface area contributed by atoms with Gasteiger partial charge in [0.1, 0.15) is 10.9 Å². The first-order chi connectivity index (χ1) is 12.7. The van der Waals surface area contributed by atoms with E-state index in [9.17, 15) is 14.0 Å². The Morgan fingerprint density at radius 1 is 1.30 bits per heavy atom. The number of carbonyl (C=O) groups is 2. The molecule has 0 fully saturated rings. The number of thioether (sulfide) groups is 1. The Hall–Kier alpha value is -2.41. The molecule has 1 aromatic rings. The number of halogens is 1. The van der Waals surface area contributed by atoms with Gasteiger partial charge in [0.05, 0.1) is 0 Å². The molecule has 1 aliphatic heterocycles. The fraction of sp³-hybridized carbons (Fsp3) is 0.350. The van der Waals surface area contributed by atoms with Crippen molar-refractivity contribution in [1.82, 2.24) is 5.32 Å². The summed E-state index contributed by atoms with van der Waals surface area (Å²) in [6.45, 7) is 5.49. The lowest BCUT2D eigenvalue weighted by Crippen LogP contribution is -2.47. The van der Waals surface area contributed by atoms with Crippen LogP contribution in [-0.4, -0.2) is 29.2 Å². The molecule has 1 aliphatic carbocycles. The van der Waals surface area contributed by atoms with Gasteiger partial charge < -0.3 is 11.1 Å². The maximum absolute atomic E-state index is 14.4. The summed E-state index contributed by atoms with van der Waals surface area (Å²) in [6, 6.07) is 6.34. The molecule has 7 heteroatoms. The lowest BCUT2D eigenvalue weighted by Gasteiger charge is -2.37. The highest BCUT2D eigenvalue weighted by molar-refractivity contribution is 8.15. The molecule has 2 amide bonds. The van der Waals surface area contributed by atoms with Crippen LogP contribution in [0.5, 0.6) is 0 Å². The number of nitrogens with two attached hydrogens (primary N) is 1. The molecule has 3 unspecified atom stereocenters. The van der Waals surface area contributed by atoms with E-state index in [-0.39, 0.29) is 11.9 Å². The molecule has 0 bridgehead atoms. The Morgan fingerprint density at radius 3 is 2.56 bits per heavy atom. The second-order valence-corrected chi connectivity index (χ2v) is 8.58. The number of benzene rings is 1. The third-order valence-electron chi connectivity index (χ3n) is 5.35. The molecular formula is C20H22FN3O2S. The Bertz CT molecular complexity index is 864. The molecular weight excluding hydrogens is 365 g/mol. The molecule has 27 heavy (non-hydrogen) atoms. The average Bonchev–Trinajstić information content (AvgIpc) is 2.92. The topological polar surface area (TPSA) is 84.6 Å². The van der Waals surface area contributed by atoms with Gasteiger partial charge in [-0.1, -0.05) is 49.0 Å². The van der Waals surface area contributed by atoms with Crippen LogP contribution < -0.4 is 11.1 Å². The van der Waals surface area contributed by atoms with E-state index in [1.807, 2.05) is 26.0 Å². The SMILES string of the molecule is C[C@H](NC1=NC(=O)C(C)(c2ccc(C(N)=O)cc2)S1)C1(C)C=CC=CC1F. The molecule has 0 spiro atoms. The minimum Gasteiger partial charge on any atom is -0.366 e. The summed E-state index contributed by atoms with van der Waals surface area (Å²) in [7, 11) is 0. The van der Waals surface area contributed by atoms with Crippen molar-refractivity contribution in [3.8, 4) is 0 Å². The number of aliphatic imine (C=N–C) groups is 1. The fourth-order valence-corrected chi connectivity index (χ4v) is 4.24. The molecule has 3 rings (SSSR count). The monoisotopic (exact) mass is 387 g/mol. The number of nitrogens with zero attached hydrogens (tertiary/aromatic N) is 1. The molecule has 0 saturated carbocycles. The van der Waals surface area contributed by atoms with Crippen molar-refractivity contribution in [2.45, 2.75) is 37.7 Å². The van der Waals surface area contributed by atoms with Crippen molar-refractivity contribution in [1.29, 1.82) is 0 Å². The number of amidine groups is 1. The number of amides is 2. The van der Waals surface area contributed by atoms with Gasteiger partial charge >= 0.3 is 0 Å². The van der Waals surface area contributed by atoms with Gasteiger partial charge in [-0.25, -0.2) is 4.39 Å². The van der Waals surface area contributed by atoms with E-state index in [1.54, 1.807) is 37.3 Å². The van der Waals surface area contributed by atoms with E-state index in [1.165, 1.54) is 17.8 Å². The molecule has 3 N–H and O–H groups in total. The highest BCUT2D eigenvalue weighted by Gasteiger charge is 2.45. The van der Waals surface area contributed by atoms with Crippen LogP contribution in [0.25, 0.3) is 0 Å². The van der Waals surface area contributed by atoms with Crippen LogP contribution in [0.1, 0.15) is 36.7 Å². The predicted octanol–water partition coefficient (Wildman–Crippen LogP) is 3.08. The van der Waals surface area contributed by atoms with Gasteiger partial charge in [-0.05, 0) is 37.6 Å². The van der Waals surface area contributed by atoms with Crippen molar-refractivity contribution in [2.75, 3.05) is 0 Å². The Kier molecular flexibility index (Phi) is 4.99. The van der Waals surface area contributed by atoms with Crippen LogP contribution >= 0.6 is 11.8 Å². The Balaban J connectivity index is 1.76. The zero-order valence-electron chi connectivity index (χ0n) is 15.4. The van der Waals surface area contributed by atoms with Gasteiger partial charge in [-0.3, -0.25) is 9.59 Å². The fourth-order valence-electron chi connectivity index (χ4n) is 3.10. The van der Waals surface area contributed by atoms with Gasteiger partial charge in [0.2, 0.25) is 5.91 Å². The lowest BCUT2D eigenvalue weighted by molar-refractivity contribution is -0.119. The number of nitrogens with one attached hydrogen (secondary N) is 1. The molecule has 5 nitrogen and oxygen atoms in total. The number of carbonyl (C=O) groups excluding carboxylic acids is 2. The van der Waals surface area contributed by atoms with Crippen LogP contribution in [0.4, 0.5) is 4.39 Å². The predicted molar refractivity (Wildman–Crippen MR) is 106 cm³/mol. The van der Waals surface area contributed by atoms with Crippen LogP contribution in [0.15, 0.2) is 53.6 Å². The molecule has 4 atom stereocenters. The highest BCUT2D eigenvalue weighted by atomic mass is 32.2. The van der Waals surface area contributed by atoms with E-state index >= 15 is 0 Å². The smallest absolute Gasteiger partial charge is 0.268 e. The van der Waals surface area contributed by atoms with E-state index in [4.69, 9.17) is 5.73 Å². The maximum atomic E-state index is 14.4. The summed E-state index contributed by atoms with van der Waals surface area (Å²) < 4.78 is 13.5. The minimum atomic E-state index is -1.12. The molecule has 1 heterocycles. The zero-order chi connectivity index (χ0) is 19.8. The number of primary amides is 1. The van der Waals surface area contributed by atoms with Gasteiger partial charge in [0.15, 0.2) is 5.17 Å². The van der Waals surface area contributed by atoms with Crippen LogP contribution in [0, 0.1) is 5.41 Å². The van der Waals surface area contributed by atoms with Crippen molar-refractivity contribution < 1.29 is 14.0 Å². The molecule has 0 aromatic heterocycles. The van der Waals surface area contributed by atoms with E-state index in [2.05, 4.69) is 10.3 Å². The van der Waals surface area contributed by atoms with Crippen molar-refractivity contribution in [2.24, 2.45) is 16.1 Å². The zero-order valence-corrected chi connectivity index (χ0v) is 16.2. The lowest BCUT2D eigenvalue weighted by atomic mass is 9.76. The summed E-state index contributed by atoms with van der Waals surface area (Å²) >= 11 is 1.29. The maximum Gasteiger partial charge on any atom is 0.268 e. The number of hydrogen-bond acceptors (Lipinski definition) is 4. The molecule has 1 aromatic carbocycles. The molecule has 142 valence electrons. The second kappa shape index (κ2) is 6.96. The van der Waals surface area contributed by atoms with Gasteiger partial charge in [-0.2, -0.15) is 4.99 Å². The Morgan fingerprint density at radius 2 is 1.96 bits per heavy atom.